The first-order valence-corrected chi connectivity index (χ1v) is 10.8. The third-order valence-corrected chi connectivity index (χ3v) is 6.62. The number of nitrogens with zero attached hydrogens (tertiary/aromatic N) is 3. The zero-order valence-corrected chi connectivity index (χ0v) is 17.1. The van der Waals surface area contributed by atoms with Crippen molar-refractivity contribution >= 4 is 17.8 Å². The van der Waals surface area contributed by atoms with Crippen molar-refractivity contribution in [2.45, 2.75) is 50.5 Å². The number of likely N-dealkylation sites (tertiary alicyclic amines) is 1. The Balaban J connectivity index is 1.43. The molecule has 0 bridgehead atoms. The average molecular weight is 425 g/mol. The van der Waals surface area contributed by atoms with Crippen LogP contribution < -0.4 is 10.6 Å². The molecule has 0 radical (unpaired) electrons. The van der Waals surface area contributed by atoms with Gasteiger partial charge in [-0.05, 0) is 62.8 Å². The average Bonchev–Trinajstić information content (AvgIpc) is 3.13. The van der Waals surface area contributed by atoms with Gasteiger partial charge in [0.15, 0.2) is 5.69 Å². The van der Waals surface area contributed by atoms with Gasteiger partial charge in [0.2, 0.25) is 0 Å². The number of nitrogens with one attached hydrogen (secondary N) is 2. The van der Waals surface area contributed by atoms with Gasteiger partial charge >= 0.3 is 6.03 Å². The smallest absolute Gasteiger partial charge is 0.322 e. The highest BCUT2D eigenvalue weighted by atomic mass is 19.1. The van der Waals surface area contributed by atoms with Crippen LogP contribution in [0.3, 0.4) is 0 Å². The minimum Gasteiger partial charge on any atom is -0.337 e. The Kier molecular flexibility index (Phi) is 4.75. The minimum atomic E-state index is -0.918. The molecule has 0 atom stereocenters. The van der Waals surface area contributed by atoms with Crippen LogP contribution in [0.15, 0.2) is 24.3 Å². The maximum absolute atomic E-state index is 13.4. The van der Waals surface area contributed by atoms with E-state index in [0.717, 1.165) is 49.0 Å². The van der Waals surface area contributed by atoms with E-state index in [2.05, 4.69) is 15.7 Å². The van der Waals surface area contributed by atoms with E-state index < -0.39 is 11.6 Å². The molecule has 4 amide bonds. The second-order valence-electron chi connectivity index (χ2n) is 8.51. The number of benzene rings is 1. The van der Waals surface area contributed by atoms with Gasteiger partial charge in [0.05, 0.1) is 5.69 Å². The van der Waals surface area contributed by atoms with Crippen LogP contribution in [0.1, 0.15) is 53.8 Å². The Hall–Kier alpha value is -3.23. The molecule has 5 rings (SSSR count). The van der Waals surface area contributed by atoms with E-state index in [-0.39, 0.29) is 17.6 Å². The topological polar surface area (TPSA) is 96.3 Å². The van der Waals surface area contributed by atoms with Gasteiger partial charge < -0.3 is 10.2 Å². The number of aromatic nitrogens is 2. The molecule has 0 saturated carbocycles. The SMILES string of the molecule is O=C1NC(=O)C2(CCN(C(=O)c3nn(-c4ccc(F)cc4)c4c3CCCCC4)CC2)N1. The molecule has 2 N–H and O–H groups in total. The third kappa shape index (κ3) is 3.37. The number of amides is 4. The monoisotopic (exact) mass is 425 g/mol. The quantitative estimate of drug-likeness (QED) is 0.569. The summed E-state index contributed by atoms with van der Waals surface area (Å²) in [5.41, 5.74) is 2.25. The van der Waals surface area contributed by atoms with E-state index in [9.17, 15) is 18.8 Å². The van der Waals surface area contributed by atoms with E-state index in [1.807, 2.05) is 0 Å². The van der Waals surface area contributed by atoms with Crippen LogP contribution >= 0.6 is 0 Å². The molecule has 1 aromatic carbocycles. The number of hydrogen-bond acceptors (Lipinski definition) is 4. The molecular weight excluding hydrogens is 401 g/mol. The molecule has 1 aromatic heterocycles. The lowest BCUT2D eigenvalue weighted by Crippen LogP contribution is -2.55. The molecule has 9 heteroatoms. The predicted molar refractivity (Wildman–Crippen MR) is 109 cm³/mol. The highest BCUT2D eigenvalue weighted by Crippen LogP contribution is 2.30. The first-order valence-electron chi connectivity index (χ1n) is 10.8. The third-order valence-electron chi connectivity index (χ3n) is 6.62. The van der Waals surface area contributed by atoms with Crippen LogP contribution in [0.5, 0.6) is 0 Å². The number of piperidine rings is 1. The van der Waals surface area contributed by atoms with Gasteiger partial charge in [0.1, 0.15) is 11.4 Å². The van der Waals surface area contributed by atoms with Crippen molar-refractivity contribution in [1.29, 1.82) is 0 Å². The highest BCUT2D eigenvalue weighted by molar-refractivity contribution is 6.07. The Morgan fingerprint density at radius 2 is 1.74 bits per heavy atom. The summed E-state index contributed by atoms with van der Waals surface area (Å²) in [7, 11) is 0. The van der Waals surface area contributed by atoms with E-state index in [4.69, 9.17) is 0 Å². The second kappa shape index (κ2) is 7.47. The van der Waals surface area contributed by atoms with Crippen LogP contribution in [0.25, 0.3) is 5.69 Å². The Morgan fingerprint density at radius 3 is 2.42 bits per heavy atom. The van der Waals surface area contributed by atoms with Crippen molar-refractivity contribution in [2.24, 2.45) is 0 Å². The summed E-state index contributed by atoms with van der Waals surface area (Å²) < 4.78 is 15.2. The fraction of sp³-hybridized carbons (Fsp3) is 0.455. The number of urea groups is 1. The van der Waals surface area contributed by atoms with Crippen molar-refractivity contribution in [1.82, 2.24) is 25.3 Å². The van der Waals surface area contributed by atoms with Crippen LogP contribution in [-0.4, -0.2) is 51.2 Å². The Morgan fingerprint density at radius 1 is 1.03 bits per heavy atom. The van der Waals surface area contributed by atoms with Crippen molar-refractivity contribution < 1.29 is 18.8 Å². The van der Waals surface area contributed by atoms with E-state index >= 15 is 0 Å². The maximum Gasteiger partial charge on any atom is 0.322 e. The lowest BCUT2D eigenvalue weighted by atomic mass is 9.87. The molecule has 31 heavy (non-hydrogen) atoms. The summed E-state index contributed by atoms with van der Waals surface area (Å²) >= 11 is 0. The number of rotatable bonds is 2. The van der Waals surface area contributed by atoms with Gasteiger partial charge in [-0.3, -0.25) is 14.9 Å². The number of hydrogen-bond donors (Lipinski definition) is 2. The van der Waals surface area contributed by atoms with Gasteiger partial charge in [-0.15, -0.1) is 0 Å². The molecule has 2 aromatic rings. The normalized spacial score (nSPS) is 20.2. The highest BCUT2D eigenvalue weighted by Gasteiger charge is 2.48. The van der Waals surface area contributed by atoms with E-state index in [1.54, 1.807) is 21.7 Å². The van der Waals surface area contributed by atoms with Gasteiger partial charge in [-0.1, -0.05) is 6.42 Å². The summed E-state index contributed by atoms with van der Waals surface area (Å²) in [6, 6.07) is 5.66. The predicted octanol–water partition coefficient (Wildman–Crippen LogP) is 2.09. The van der Waals surface area contributed by atoms with Gasteiger partial charge in [-0.25, -0.2) is 13.9 Å². The molecule has 2 aliphatic heterocycles. The lowest BCUT2D eigenvalue weighted by Gasteiger charge is -2.36. The molecule has 2 saturated heterocycles. The van der Waals surface area contributed by atoms with Crippen LogP contribution in [-0.2, 0) is 17.6 Å². The van der Waals surface area contributed by atoms with Gasteiger partial charge in [0, 0.05) is 24.3 Å². The van der Waals surface area contributed by atoms with Crippen LogP contribution in [0.4, 0.5) is 9.18 Å². The first kappa shape index (κ1) is 19.7. The molecule has 162 valence electrons. The summed E-state index contributed by atoms with van der Waals surface area (Å²) in [4.78, 5) is 38.9. The first-order chi connectivity index (χ1) is 15.0. The number of halogens is 1. The van der Waals surface area contributed by atoms with Crippen molar-refractivity contribution in [3.63, 3.8) is 0 Å². The van der Waals surface area contributed by atoms with Crippen molar-refractivity contribution in [3.05, 3.63) is 47.0 Å². The van der Waals surface area contributed by atoms with E-state index in [0.29, 0.717) is 31.6 Å². The molecule has 0 unspecified atom stereocenters. The number of fused-ring (bicyclic) bond motifs is 1. The maximum atomic E-state index is 13.4. The largest absolute Gasteiger partial charge is 0.337 e. The summed E-state index contributed by atoms with van der Waals surface area (Å²) in [5, 5.41) is 9.69. The van der Waals surface area contributed by atoms with E-state index in [1.165, 1.54) is 12.1 Å². The van der Waals surface area contributed by atoms with Crippen LogP contribution in [0, 0.1) is 5.82 Å². The lowest BCUT2D eigenvalue weighted by molar-refractivity contribution is -0.125. The summed E-state index contributed by atoms with van der Waals surface area (Å²) in [5.74, 6) is -0.791. The number of carbonyl (C=O) groups excluding carboxylic acids is 3. The standard InChI is InChI=1S/C22H24FN5O3/c23-14-6-8-15(9-7-14)28-17-5-3-1-2-4-16(17)18(26-28)19(29)27-12-10-22(11-13-27)20(30)24-21(31)25-22/h6-9H,1-5,10-13H2,(H2,24,25,30,31). The summed E-state index contributed by atoms with van der Waals surface area (Å²) in [6.45, 7) is 0.732. The Bertz CT molecular complexity index is 1050. The molecule has 2 fully saturated rings. The fourth-order valence-electron chi connectivity index (χ4n) is 4.86. The zero-order valence-electron chi connectivity index (χ0n) is 17.1. The molecule has 3 aliphatic rings. The zero-order chi connectivity index (χ0) is 21.6. The fourth-order valence-corrected chi connectivity index (χ4v) is 4.86. The van der Waals surface area contributed by atoms with Gasteiger partial charge in [-0.2, -0.15) is 5.10 Å². The molecular formula is C22H24FN5O3. The van der Waals surface area contributed by atoms with Gasteiger partial charge in [0.25, 0.3) is 11.8 Å². The molecule has 1 spiro atoms. The summed E-state index contributed by atoms with van der Waals surface area (Å²) in [6.07, 6.45) is 5.46. The number of carbonyl (C=O) groups is 3. The minimum absolute atomic E-state index is 0.154. The second-order valence-corrected chi connectivity index (χ2v) is 8.51. The van der Waals surface area contributed by atoms with Crippen molar-refractivity contribution in [2.75, 3.05) is 13.1 Å². The molecule has 1 aliphatic carbocycles. The van der Waals surface area contributed by atoms with Crippen LogP contribution in [0.2, 0.25) is 0 Å². The molecule has 8 nitrogen and oxygen atoms in total. The Labute approximate surface area is 178 Å². The molecule has 3 heterocycles. The number of imide groups is 1. The van der Waals surface area contributed by atoms with Crippen molar-refractivity contribution in [3.8, 4) is 5.69 Å².